The predicted molar refractivity (Wildman–Crippen MR) is 78.2 cm³/mol. The molecule has 0 aromatic heterocycles. The van der Waals surface area contributed by atoms with E-state index in [1.807, 2.05) is 30.3 Å². The zero-order chi connectivity index (χ0) is 15.5. The van der Waals surface area contributed by atoms with Crippen molar-refractivity contribution in [3.63, 3.8) is 0 Å². The molecule has 21 heavy (non-hydrogen) atoms. The molecule has 2 aromatic carbocycles. The molecule has 0 bridgehead atoms. The SMILES string of the molecule is O=C(CCc1ccccc1)c1ccc(Br)c(C(F)(F)F)c1. The van der Waals surface area contributed by atoms with E-state index in [1.54, 1.807) is 0 Å². The van der Waals surface area contributed by atoms with Gasteiger partial charge in [-0.25, -0.2) is 0 Å². The van der Waals surface area contributed by atoms with Gasteiger partial charge in [0.05, 0.1) is 5.56 Å². The van der Waals surface area contributed by atoms with Crippen LogP contribution in [0, 0.1) is 0 Å². The number of rotatable bonds is 4. The number of ketones is 1. The first-order valence-corrected chi connectivity index (χ1v) is 7.11. The fraction of sp³-hybridized carbons (Fsp3) is 0.188. The van der Waals surface area contributed by atoms with Gasteiger partial charge in [-0.3, -0.25) is 4.79 Å². The lowest BCUT2D eigenvalue weighted by molar-refractivity contribution is -0.138. The van der Waals surface area contributed by atoms with E-state index in [9.17, 15) is 18.0 Å². The molecule has 1 nitrogen and oxygen atoms in total. The van der Waals surface area contributed by atoms with Crippen LogP contribution in [0.2, 0.25) is 0 Å². The molecule has 0 amide bonds. The van der Waals surface area contributed by atoms with E-state index in [1.165, 1.54) is 12.1 Å². The summed E-state index contributed by atoms with van der Waals surface area (Å²) in [6.07, 6.45) is -3.78. The van der Waals surface area contributed by atoms with E-state index >= 15 is 0 Å². The molecule has 0 atom stereocenters. The number of aryl methyl sites for hydroxylation is 1. The number of halogens is 4. The molecule has 110 valence electrons. The molecule has 0 N–H and O–H groups in total. The van der Waals surface area contributed by atoms with E-state index in [0.717, 1.165) is 11.6 Å². The molecule has 0 saturated heterocycles. The second-order valence-corrected chi connectivity index (χ2v) is 5.46. The zero-order valence-corrected chi connectivity index (χ0v) is 12.5. The highest BCUT2D eigenvalue weighted by Gasteiger charge is 2.33. The summed E-state index contributed by atoms with van der Waals surface area (Å²) in [4.78, 5) is 12.0. The van der Waals surface area contributed by atoms with Gasteiger partial charge in [0.25, 0.3) is 0 Å². The average Bonchev–Trinajstić information content (AvgIpc) is 2.45. The Morgan fingerprint density at radius 2 is 1.71 bits per heavy atom. The molecule has 0 aliphatic carbocycles. The largest absolute Gasteiger partial charge is 0.417 e. The van der Waals surface area contributed by atoms with Crippen LogP contribution < -0.4 is 0 Å². The number of Topliss-reactive ketones (excluding diaryl/α,β-unsaturated/α-hetero) is 1. The first-order valence-electron chi connectivity index (χ1n) is 6.32. The third-order valence-electron chi connectivity index (χ3n) is 3.08. The van der Waals surface area contributed by atoms with Crippen LogP contribution in [0.5, 0.6) is 0 Å². The van der Waals surface area contributed by atoms with Crippen LogP contribution in [0.15, 0.2) is 53.0 Å². The highest BCUT2D eigenvalue weighted by atomic mass is 79.9. The summed E-state index contributed by atoms with van der Waals surface area (Å²) in [5, 5.41) is 0. The minimum Gasteiger partial charge on any atom is -0.294 e. The standard InChI is InChI=1S/C16H12BrF3O/c17-14-8-7-12(10-13(14)16(18,19)20)15(21)9-6-11-4-2-1-3-5-11/h1-5,7-8,10H,6,9H2. The summed E-state index contributed by atoms with van der Waals surface area (Å²) in [7, 11) is 0. The summed E-state index contributed by atoms with van der Waals surface area (Å²) < 4.78 is 38.3. The van der Waals surface area contributed by atoms with Crippen LogP contribution in [-0.2, 0) is 12.6 Å². The Hall–Kier alpha value is -1.62. The van der Waals surface area contributed by atoms with Gasteiger partial charge in [-0.2, -0.15) is 13.2 Å². The normalized spacial score (nSPS) is 11.4. The fourth-order valence-corrected chi connectivity index (χ4v) is 2.43. The van der Waals surface area contributed by atoms with E-state index in [4.69, 9.17) is 0 Å². The van der Waals surface area contributed by atoms with E-state index < -0.39 is 11.7 Å². The van der Waals surface area contributed by atoms with Gasteiger partial charge >= 0.3 is 6.18 Å². The minimum absolute atomic E-state index is 0.0605. The summed E-state index contributed by atoms with van der Waals surface area (Å²) in [5.74, 6) is -0.295. The van der Waals surface area contributed by atoms with Gasteiger partial charge in [0.1, 0.15) is 0 Å². The Morgan fingerprint density at radius 3 is 2.33 bits per heavy atom. The maximum Gasteiger partial charge on any atom is 0.417 e. The molecule has 0 heterocycles. The third kappa shape index (κ3) is 4.17. The Morgan fingerprint density at radius 1 is 1.05 bits per heavy atom. The molecular weight excluding hydrogens is 345 g/mol. The number of carbonyl (C=O) groups is 1. The number of carbonyl (C=O) groups excluding carboxylic acids is 1. The summed E-state index contributed by atoms with van der Waals surface area (Å²) in [5.41, 5.74) is 0.244. The molecule has 0 radical (unpaired) electrons. The maximum atomic E-state index is 12.8. The third-order valence-corrected chi connectivity index (χ3v) is 3.77. The van der Waals surface area contributed by atoms with Gasteiger partial charge < -0.3 is 0 Å². The van der Waals surface area contributed by atoms with Crippen LogP contribution in [0.1, 0.15) is 27.9 Å². The van der Waals surface area contributed by atoms with Crippen molar-refractivity contribution in [1.29, 1.82) is 0 Å². The second kappa shape index (κ2) is 6.43. The Kier molecular flexibility index (Phi) is 4.83. The fourth-order valence-electron chi connectivity index (χ4n) is 1.96. The van der Waals surface area contributed by atoms with Crippen LogP contribution in [-0.4, -0.2) is 5.78 Å². The molecule has 2 aromatic rings. The number of hydrogen-bond donors (Lipinski definition) is 0. The van der Waals surface area contributed by atoms with Gasteiger partial charge in [-0.1, -0.05) is 52.3 Å². The van der Waals surface area contributed by atoms with Gasteiger partial charge in [0.15, 0.2) is 5.78 Å². The summed E-state index contributed by atoms with van der Waals surface area (Å²) >= 11 is 2.86. The molecule has 0 saturated carbocycles. The van der Waals surface area contributed by atoms with E-state index in [0.29, 0.717) is 6.42 Å². The van der Waals surface area contributed by atoms with Gasteiger partial charge in [-0.05, 0) is 24.1 Å². The Bertz CT molecular complexity index is 636. The van der Waals surface area contributed by atoms with Crippen molar-refractivity contribution in [3.05, 3.63) is 69.7 Å². The van der Waals surface area contributed by atoms with Gasteiger partial charge in [0.2, 0.25) is 0 Å². The van der Waals surface area contributed by atoms with Crippen molar-refractivity contribution in [1.82, 2.24) is 0 Å². The number of alkyl halides is 3. The number of hydrogen-bond acceptors (Lipinski definition) is 1. The Labute approximate surface area is 128 Å². The summed E-state index contributed by atoms with van der Waals surface area (Å²) in [6, 6.07) is 12.9. The lowest BCUT2D eigenvalue weighted by atomic mass is 10.0. The van der Waals surface area contributed by atoms with Crippen LogP contribution in [0.25, 0.3) is 0 Å². The summed E-state index contributed by atoms with van der Waals surface area (Å²) in [6.45, 7) is 0. The molecule has 0 aliphatic rings. The lowest BCUT2D eigenvalue weighted by Gasteiger charge is -2.10. The topological polar surface area (TPSA) is 17.1 Å². The van der Waals surface area contributed by atoms with Crippen molar-refractivity contribution < 1.29 is 18.0 Å². The Balaban J connectivity index is 2.13. The highest BCUT2D eigenvalue weighted by molar-refractivity contribution is 9.10. The number of benzene rings is 2. The monoisotopic (exact) mass is 356 g/mol. The lowest BCUT2D eigenvalue weighted by Crippen LogP contribution is -2.09. The molecule has 2 rings (SSSR count). The second-order valence-electron chi connectivity index (χ2n) is 4.60. The minimum atomic E-state index is -4.48. The highest BCUT2D eigenvalue weighted by Crippen LogP contribution is 2.35. The van der Waals surface area contributed by atoms with Crippen molar-refractivity contribution in [3.8, 4) is 0 Å². The molecular formula is C16H12BrF3O. The van der Waals surface area contributed by atoms with E-state index in [-0.39, 0.29) is 22.2 Å². The van der Waals surface area contributed by atoms with Crippen molar-refractivity contribution in [2.45, 2.75) is 19.0 Å². The first-order chi connectivity index (χ1) is 9.88. The first kappa shape index (κ1) is 15.8. The molecule has 0 fully saturated rings. The van der Waals surface area contributed by atoms with Crippen molar-refractivity contribution in [2.24, 2.45) is 0 Å². The zero-order valence-electron chi connectivity index (χ0n) is 11.0. The van der Waals surface area contributed by atoms with Gasteiger partial charge in [0, 0.05) is 16.5 Å². The van der Waals surface area contributed by atoms with Crippen LogP contribution in [0.4, 0.5) is 13.2 Å². The quantitative estimate of drug-likeness (QED) is 0.680. The predicted octanol–water partition coefficient (Wildman–Crippen LogP) is 5.28. The van der Waals surface area contributed by atoms with Crippen LogP contribution in [0.3, 0.4) is 0 Å². The van der Waals surface area contributed by atoms with Gasteiger partial charge in [-0.15, -0.1) is 0 Å². The maximum absolute atomic E-state index is 12.8. The van der Waals surface area contributed by atoms with Crippen LogP contribution >= 0.6 is 15.9 Å². The van der Waals surface area contributed by atoms with E-state index in [2.05, 4.69) is 15.9 Å². The molecule has 0 aliphatic heterocycles. The molecule has 0 spiro atoms. The molecule has 5 heteroatoms. The van der Waals surface area contributed by atoms with Crippen molar-refractivity contribution in [2.75, 3.05) is 0 Å². The van der Waals surface area contributed by atoms with Crippen molar-refractivity contribution >= 4 is 21.7 Å². The smallest absolute Gasteiger partial charge is 0.294 e. The molecule has 0 unspecified atom stereocenters. The average molecular weight is 357 g/mol.